The van der Waals surface area contributed by atoms with Gasteiger partial charge in [0.25, 0.3) is 6.47 Å². The molecule has 0 saturated heterocycles. The van der Waals surface area contributed by atoms with Crippen LogP contribution in [0.5, 0.6) is 23.0 Å². The van der Waals surface area contributed by atoms with Gasteiger partial charge in [0.2, 0.25) is 0 Å². The maximum atomic E-state index is 14.0. The summed E-state index contributed by atoms with van der Waals surface area (Å²) in [5.74, 6) is 0.934. The molecule has 10 rings (SSSR count). The number of ether oxygens (including phenoxy) is 2. The van der Waals surface area contributed by atoms with Crippen molar-refractivity contribution in [2.24, 2.45) is 0 Å². The van der Waals surface area contributed by atoms with Gasteiger partial charge in [-0.2, -0.15) is 0 Å². The van der Waals surface area contributed by atoms with Gasteiger partial charge >= 0.3 is 103 Å². The first-order chi connectivity index (χ1) is 41.2. The number of ketones is 4. The summed E-state index contributed by atoms with van der Waals surface area (Å²) in [6, 6.07) is 35.5. The molecule has 0 spiro atoms. The van der Waals surface area contributed by atoms with E-state index >= 15 is 0 Å². The van der Waals surface area contributed by atoms with E-state index in [0.717, 1.165) is 84.1 Å². The molecule has 0 unspecified atom stereocenters. The fourth-order valence-corrected chi connectivity index (χ4v) is 10.4. The first-order valence-corrected chi connectivity index (χ1v) is 28.3. The molecule has 18 heteroatoms. The van der Waals surface area contributed by atoms with Crippen LogP contribution >= 0.6 is 15.9 Å². The standard InChI is InChI=1S/C36H34N2O4.C30H26N2O4.C3H5Br.CH2O3.CH4.2K.H/c1-7-15-41-25-17-21(3)33(22(4)18-25)37-29-13-14-30(38-34-23(5)19-26(20-24(34)6)42-16-8-2)32-31(29)35(39)27-11-9-10-12-28(27)36(32)40;1-15-11-19(33)12-16(2)27(15)31-23-9-10-24(32-28-17(3)13-20(34)14-18(28)4)26-25(23)29(35)21-7-5-6-8-22(21)30(26)36;1-2-3-4;2-1-4-3;;;;/h7-14,17-20,37-38H,1-2,15-16H2,3-6H3;5-14,31-34H,1-4H3;2H,1,3H2;1,3H;1H4;;;/q;;;;;2*+1;-1/p-1. The molecule has 450 valence electrons. The molecule has 15 nitrogen and oxygen atoms in total. The molecule has 0 saturated carbocycles. The number of fused-ring (bicyclic) bond motifs is 4. The van der Waals surface area contributed by atoms with Crippen LogP contribution in [0.4, 0.5) is 45.5 Å². The number of allylic oxidation sites excluding steroid dienone is 1. The average Bonchev–Trinajstić information content (AvgIpc) is 0.750. The fraction of sp³-hybridized carbons (Fsp3) is 0.169. The Kier molecular flexibility index (Phi) is 28.9. The van der Waals surface area contributed by atoms with Gasteiger partial charge in [-0.05, 0) is 173 Å². The van der Waals surface area contributed by atoms with E-state index < -0.39 is 0 Å². The van der Waals surface area contributed by atoms with Crippen LogP contribution in [0, 0.1) is 55.4 Å². The summed E-state index contributed by atoms with van der Waals surface area (Å²) in [6.07, 6.45) is 5.19. The number of rotatable bonds is 16. The summed E-state index contributed by atoms with van der Waals surface area (Å²) in [7, 11) is 0. The molecule has 0 aromatic heterocycles. The minimum atomic E-state index is -0.236. The van der Waals surface area contributed by atoms with E-state index in [1.54, 1.807) is 103 Å². The zero-order valence-electron chi connectivity index (χ0n) is 52.0. The predicted molar refractivity (Wildman–Crippen MR) is 350 cm³/mol. The molecule has 2 aliphatic carbocycles. The van der Waals surface area contributed by atoms with Crippen LogP contribution in [0.2, 0.25) is 0 Å². The second-order valence-electron chi connectivity index (χ2n) is 20.3. The Morgan fingerprint density at radius 2 is 0.663 bits per heavy atom. The third-order valence-electron chi connectivity index (χ3n) is 14.1. The van der Waals surface area contributed by atoms with Crippen molar-refractivity contribution in [3.63, 3.8) is 0 Å². The van der Waals surface area contributed by atoms with Crippen molar-refractivity contribution in [2.45, 2.75) is 62.8 Å². The van der Waals surface area contributed by atoms with E-state index in [0.29, 0.717) is 80.5 Å². The second kappa shape index (κ2) is 34.4. The zero-order valence-corrected chi connectivity index (χ0v) is 58.9. The topological polar surface area (TPSA) is 225 Å². The molecule has 8 aromatic rings. The minimum absolute atomic E-state index is 0. The molecule has 0 fully saturated rings. The third-order valence-corrected chi connectivity index (χ3v) is 14.6. The van der Waals surface area contributed by atoms with Crippen molar-refractivity contribution in [1.82, 2.24) is 0 Å². The number of halogens is 1. The van der Waals surface area contributed by atoms with E-state index in [4.69, 9.17) is 19.5 Å². The number of hydrogen-bond donors (Lipinski definition) is 6. The van der Waals surface area contributed by atoms with Gasteiger partial charge in [0.1, 0.15) is 36.2 Å². The van der Waals surface area contributed by atoms with E-state index in [1.165, 1.54) is 0 Å². The Hall–Kier alpha value is -6.76. The summed E-state index contributed by atoms with van der Waals surface area (Å²) >= 11 is 3.13. The Morgan fingerprint density at radius 3 is 0.854 bits per heavy atom. The van der Waals surface area contributed by atoms with Crippen molar-refractivity contribution in [2.75, 3.05) is 39.8 Å². The number of carbonyl (C=O) groups is 5. The quantitative estimate of drug-likeness (QED) is 0.0101. The van der Waals surface area contributed by atoms with E-state index in [1.807, 2.05) is 91.8 Å². The van der Waals surface area contributed by atoms with Crippen molar-refractivity contribution >= 4 is 91.0 Å². The van der Waals surface area contributed by atoms with Crippen LogP contribution in [0.1, 0.15) is 117 Å². The molecule has 0 amide bonds. The number of aromatic hydroxyl groups is 2. The van der Waals surface area contributed by atoms with Gasteiger partial charge in [-0.1, -0.05) is 103 Å². The molecule has 6 N–H and O–H groups in total. The Labute approximate surface area is 615 Å². The summed E-state index contributed by atoms with van der Waals surface area (Å²) in [5.41, 5.74) is 15.2. The average molecular weight is 1310 g/mol. The molecule has 0 atom stereocenters. The number of hydrogen-bond acceptors (Lipinski definition) is 15. The number of aryl methyl sites for hydroxylation is 8. The number of phenols is 2. The minimum Gasteiger partial charge on any atom is -1.00 e. The monoisotopic (exact) mass is 1310 g/mol. The number of nitrogens with one attached hydrogen (secondary N) is 4. The third kappa shape index (κ3) is 17.4. The van der Waals surface area contributed by atoms with Crippen molar-refractivity contribution in [1.29, 1.82) is 0 Å². The van der Waals surface area contributed by atoms with E-state index in [-0.39, 0.29) is 153 Å². The first-order valence-electron chi connectivity index (χ1n) is 27.2. The molecule has 0 heterocycles. The fourth-order valence-electron chi connectivity index (χ4n) is 10.4. The predicted octanol–water partition coefficient (Wildman–Crippen LogP) is 9.67. The van der Waals surface area contributed by atoms with Gasteiger partial charge < -0.3 is 52.5 Å². The zero-order chi connectivity index (χ0) is 62.5. The number of alkyl halides is 1. The molecule has 0 radical (unpaired) electrons. The van der Waals surface area contributed by atoms with Crippen LogP contribution in [-0.4, -0.2) is 58.4 Å². The first kappa shape index (κ1) is 74.7. The molecule has 8 aromatic carbocycles. The number of anilines is 8. The van der Waals surface area contributed by atoms with Crippen LogP contribution < -0.4 is 139 Å². The van der Waals surface area contributed by atoms with Gasteiger partial charge in [0.05, 0.1) is 45.0 Å². The SMILES string of the molecule is C.C=CCBr.C=CCOc1cc(C)c(Nc2ccc(Nc3c(C)cc(OCC=C)cc3C)c3c2C(=O)c2ccccc2C3=O)c(C)c1.Cc1cc(O)cc(C)c1Nc1ccc(Nc2c(C)cc(O)cc2C)c2c1C(=O)c1ccccc1C2=O.O=CO[O-].[H-].[K+].[K+]. The van der Waals surface area contributed by atoms with Crippen molar-refractivity contribution in [3.05, 3.63) is 248 Å². The van der Waals surface area contributed by atoms with Gasteiger partial charge in [-0.25, -0.2) is 0 Å². The summed E-state index contributed by atoms with van der Waals surface area (Å²) in [4.78, 5) is 66.8. The van der Waals surface area contributed by atoms with E-state index in [2.05, 4.69) is 61.8 Å². The van der Waals surface area contributed by atoms with Crippen LogP contribution in [0.3, 0.4) is 0 Å². The van der Waals surface area contributed by atoms with Crippen LogP contribution in [-0.2, 0) is 9.68 Å². The summed E-state index contributed by atoms with van der Waals surface area (Å²) < 4.78 is 11.5. The largest absolute Gasteiger partial charge is 1.00 e. The van der Waals surface area contributed by atoms with Gasteiger partial charge in [0.15, 0.2) is 23.1 Å². The smallest absolute Gasteiger partial charge is 1.00 e. The van der Waals surface area contributed by atoms with Gasteiger partial charge in [0, 0.05) is 50.3 Å². The molecule has 89 heavy (non-hydrogen) atoms. The molecule has 0 bridgehead atoms. The molecular formula is C71H71BrK2N4O11. The van der Waals surface area contributed by atoms with Crippen LogP contribution in [0.25, 0.3) is 0 Å². The van der Waals surface area contributed by atoms with Gasteiger partial charge in [-0.3, -0.25) is 24.0 Å². The number of phenolic OH excluding ortho intramolecular Hbond substituents is 2. The second-order valence-corrected chi connectivity index (χ2v) is 21.0. The maximum Gasteiger partial charge on any atom is 1.00 e. The van der Waals surface area contributed by atoms with E-state index in [9.17, 15) is 29.4 Å². The normalized spacial score (nSPS) is 11.0. The molecule has 0 aliphatic heterocycles. The summed E-state index contributed by atoms with van der Waals surface area (Å²) in [6.45, 7) is 26.9. The summed E-state index contributed by atoms with van der Waals surface area (Å²) in [5, 5.41) is 42.9. The molecule has 2 aliphatic rings. The Bertz CT molecular complexity index is 3680. The van der Waals surface area contributed by atoms with Gasteiger partial charge in [-0.15, -0.1) is 6.58 Å². The number of benzene rings is 8. The van der Waals surface area contributed by atoms with Crippen molar-refractivity contribution in [3.8, 4) is 23.0 Å². The maximum absolute atomic E-state index is 14.0. The molecular weight excluding hydrogens is 1240 g/mol. The van der Waals surface area contributed by atoms with Crippen molar-refractivity contribution < 1.29 is 158 Å². The number of carbonyl (C=O) groups excluding carboxylic acids is 5. The Morgan fingerprint density at radius 1 is 0.449 bits per heavy atom. The Balaban J connectivity index is 0.000000407. The van der Waals surface area contributed by atoms with Crippen LogP contribution in [0.15, 0.2) is 159 Å².